The number of ether oxygens (including phenoxy) is 2. The van der Waals surface area contributed by atoms with Crippen LogP contribution in [0.4, 0.5) is 0 Å². The molecule has 0 bridgehead atoms. The highest BCUT2D eigenvalue weighted by molar-refractivity contribution is 5.90. The molecular weight excluding hydrogens is 236 g/mol. The van der Waals surface area contributed by atoms with Crippen molar-refractivity contribution in [3.05, 3.63) is 23.7 Å². The molecule has 18 heavy (non-hydrogen) atoms. The van der Waals surface area contributed by atoms with Crippen LogP contribution in [0, 0.1) is 5.92 Å². The Balaban J connectivity index is 2.62. The van der Waals surface area contributed by atoms with Crippen molar-refractivity contribution in [3.63, 3.8) is 0 Å². The van der Waals surface area contributed by atoms with Crippen molar-refractivity contribution < 1.29 is 23.5 Å². The second-order valence-corrected chi connectivity index (χ2v) is 4.61. The Hall–Kier alpha value is -1.78. The Morgan fingerprint density at radius 3 is 2.17 bits per heavy atom. The number of hydrogen-bond donors (Lipinski definition) is 0. The molecule has 0 radical (unpaired) electrons. The molecule has 1 heterocycles. The summed E-state index contributed by atoms with van der Waals surface area (Å²) in [5.74, 6) is -0.916. The van der Waals surface area contributed by atoms with Crippen molar-refractivity contribution in [2.24, 2.45) is 5.92 Å². The van der Waals surface area contributed by atoms with Crippen LogP contribution in [-0.2, 0) is 9.47 Å². The molecule has 1 aromatic rings. The number of hydrogen-bond acceptors (Lipinski definition) is 5. The van der Waals surface area contributed by atoms with Crippen molar-refractivity contribution in [3.8, 4) is 0 Å². The largest absolute Gasteiger partial charge is 0.460 e. The number of furan rings is 1. The fourth-order valence-corrected chi connectivity index (χ4v) is 1.14. The molecule has 0 aliphatic rings. The van der Waals surface area contributed by atoms with Crippen LogP contribution in [0.3, 0.4) is 0 Å². The number of esters is 2. The van der Waals surface area contributed by atoms with Gasteiger partial charge in [0.2, 0.25) is 11.5 Å². The first-order chi connectivity index (χ1) is 8.40. The third kappa shape index (κ3) is 4.24. The van der Waals surface area contributed by atoms with Crippen LogP contribution in [0.25, 0.3) is 0 Å². The highest BCUT2D eigenvalue weighted by Gasteiger charge is 2.18. The maximum Gasteiger partial charge on any atom is 0.374 e. The molecule has 0 saturated carbocycles. The fraction of sp³-hybridized carbons (Fsp3) is 0.538. The molecule has 0 atom stereocenters. The lowest BCUT2D eigenvalue weighted by atomic mass is 10.2. The van der Waals surface area contributed by atoms with E-state index in [4.69, 9.17) is 13.9 Å². The monoisotopic (exact) mass is 254 g/mol. The lowest BCUT2D eigenvalue weighted by Crippen LogP contribution is -2.11. The predicted octanol–water partition coefficient (Wildman–Crippen LogP) is 2.66. The van der Waals surface area contributed by atoms with Gasteiger partial charge in [0.15, 0.2) is 0 Å². The molecule has 0 fully saturated rings. The van der Waals surface area contributed by atoms with Crippen LogP contribution >= 0.6 is 0 Å². The summed E-state index contributed by atoms with van der Waals surface area (Å²) < 4.78 is 15.0. The molecule has 1 rings (SSSR count). The smallest absolute Gasteiger partial charge is 0.374 e. The van der Waals surface area contributed by atoms with E-state index in [2.05, 4.69) is 0 Å². The zero-order valence-corrected chi connectivity index (χ0v) is 11.1. The van der Waals surface area contributed by atoms with Crippen molar-refractivity contribution in [2.75, 3.05) is 6.61 Å². The summed E-state index contributed by atoms with van der Waals surface area (Å²) in [6.45, 7) is 7.64. The molecular formula is C13H18O5. The molecule has 5 heteroatoms. The van der Waals surface area contributed by atoms with E-state index in [1.54, 1.807) is 13.8 Å². The van der Waals surface area contributed by atoms with E-state index in [-0.39, 0.29) is 23.5 Å². The Morgan fingerprint density at radius 1 is 1.11 bits per heavy atom. The molecule has 0 N–H and O–H groups in total. The van der Waals surface area contributed by atoms with Gasteiger partial charge in [0.25, 0.3) is 0 Å². The average molecular weight is 254 g/mol. The minimum atomic E-state index is -0.590. The van der Waals surface area contributed by atoms with Crippen LogP contribution in [0.1, 0.15) is 48.8 Å². The Bertz CT molecular complexity index is 417. The van der Waals surface area contributed by atoms with Gasteiger partial charge in [-0.1, -0.05) is 13.8 Å². The second kappa shape index (κ2) is 6.23. The Kier molecular flexibility index (Phi) is 4.95. The zero-order chi connectivity index (χ0) is 13.7. The van der Waals surface area contributed by atoms with Crippen LogP contribution in [-0.4, -0.2) is 24.6 Å². The van der Waals surface area contributed by atoms with E-state index in [0.29, 0.717) is 6.61 Å². The second-order valence-electron chi connectivity index (χ2n) is 4.61. The first-order valence-corrected chi connectivity index (χ1v) is 5.88. The summed E-state index contributed by atoms with van der Waals surface area (Å²) in [4.78, 5) is 23.0. The van der Waals surface area contributed by atoms with Gasteiger partial charge in [-0.3, -0.25) is 0 Å². The predicted molar refractivity (Wildman–Crippen MR) is 64.4 cm³/mol. The lowest BCUT2D eigenvalue weighted by molar-refractivity contribution is 0.0329. The van der Waals surface area contributed by atoms with Crippen molar-refractivity contribution in [1.82, 2.24) is 0 Å². The van der Waals surface area contributed by atoms with E-state index in [0.717, 1.165) is 0 Å². The Morgan fingerprint density at radius 2 is 1.67 bits per heavy atom. The van der Waals surface area contributed by atoms with Gasteiger partial charge in [0.1, 0.15) is 0 Å². The van der Waals surface area contributed by atoms with Crippen molar-refractivity contribution in [2.45, 2.75) is 33.8 Å². The number of carbonyl (C=O) groups is 2. The third-order valence-electron chi connectivity index (χ3n) is 1.90. The molecule has 0 aliphatic carbocycles. The average Bonchev–Trinajstić information content (AvgIpc) is 2.74. The van der Waals surface area contributed by atoms with Crippen molar-refractivity contribution >= 4 is 11.9 Å². The zero-order valence-electron chi connectivity index (χ0n) is 11.1. The van der Waals surface area contributed by atoms with Gasteiger partial charge in [-0.05, 0) is 31.9 Å². The summed E-state index contributed by atoms with van der Waals surface area (Å²) >= 11 is 0. The molecule has 0 aromatic carbocycles. The SMILES string of the molecule is CC(C)COC(=O)c1ccc(C(=O)OC(C)C)o1. The summed E-state index contributed by atoms with van der Waals surface area (Å²) in [7, 11) is 0. The summed E-state index contributed by atoms with van der Waals surface area (Å²) in [6, 6.07) is 2.80. The molecule has 1 aromatic heterocycles. The lowest BCUT2D eigenvalue weighted by Gasteiger charge is -2.06. The highest BCUT2D eigenvalue weighted by atomic mass is 16.6. The van der Waals surface area contributed by atoms with Gasteiger partial charge in [-0.25, -0.2) is 9.59 Å². The van der Waals surface area contributed by atoms with Gasteiger partial charge >= 0.3 is 11.9 Å². The molecule has 0 amide bonds. The van der Waals surface area contributed by atoms with E-state index in [1.165, 1.54) is 12.1 Å². The summed E-state index contributed by atoms with van der Waals surface area (Å²) in [6.07, 6.45) is -0.237. The highest BCUT2D eigenvalue weighted by Crippen LogP contribution is 2.12. The fourth-order valence-electron chi connectivity index (χ4n) is 1.14. The topological polar surface area (TPSA) is 65.7 Å². The minimum Gasteiger partial charge on any atom is -0.460 e. The van der Waals surface area contributed by atoms with Crippen LogP contribution in [0.15, 0.2) is 16.5 Å². The van der Waals surface area contributed by atoms with E-state index in [1.807, 2.05) is 13.8 Å². The molecule has 0 aliphatic heterocycles. The Labute approximate surface area is 106 Å². The van der Waals surface area contributed by atoms with Gasteiger partial charge < -0.3 is 13.9 Å². The summed E-state index contributed by atoms with van der Waals surface area (Å²) in [5.41, 5.74) is 0. The van der Waals surface area contributed by atoms with Crippen molar-refractivity contribution in [1.29, 1.82) is 0 Å². The third-order valence-corrected chi connectivity index (χ3v) is 1.90. The maximum absolute atomic E-state index is 11.5. The molecule has 100 valence electrons. The standard InChI is InChI=1S/C13H18O5/c1-8(2)7-16-12(14)10-5-6-11(18-10)13(15)17-9(3)4/h5-6,8-9H,7H2,1-4H3. The number of carbonyl (C=O) groups excluding carboxylic acids is 2. The van der Waals surface area contributed by atoms with Crippen LogP contribution in [0.2, 0.25) is 0 Å². The van der Waals surface area contributed by atoms with E-state index >= 15 is 0 Å². The molecule has 0 unspecified atom stereocenters. The normalized spacial score (nSPS) is 10.8. The van der Waals surface area contributed by atoms with Crippen LogP contribution in [0.5, 0.6) is 0 Å². The van der Waals surface area contributed by atoms with Gasteiger partial charge in [-0.2, -0.15) is 0 Å². The summed E-state index contributed by atoms with van der Waals surface area (Å²) in [5, 5.41) is 0. The quantitative estimate of drug-likeness (QED) is 0.756. The van der Waals surface area contributed by atoms with E-state index in [9.17, 15) is 9.59 Å². The maximum atomic E-state index is 11.5. The van der Waals surface area contributed by atoms with Gasteiger partial charge in [0, 0.05) is 0 Å². The number of rotatable bonds is 5. The molecule has 0 spiro atoms. The molecule has 5 nitrogen and oxygen atoms in total. The van der Waals surface area contributed by atoms with Gasteiger partial charge in [0.05, 0.1) is 12.7 Å². The van der Waals surface area contributed by atoms with E-state index < -0.39 is 11.9 Å². The molecule has 0 saturated heterocycles. The minimum absolute atomic E-state index is 0.000182. The first kappa shape index (κ1) is 14.3. The first-order valence-electron chi connectivity index (χ1n) is 5.88. The van der Waals surface area contributed by atoms with Crippen LogP contribution < -0.4 is 0 Å². The van der Waals surface area contributed by atoms with Gasteiger partial charge in [-0.15, -0.1) is 0 Å².